The zero-order valence-corrected chi connectivity index (χ0v) is 11.4. The van der Waals surface area contributed by atoms with Crippen molar-refractivity contribution in [3.8, 4) is 0 Å². The lowest BCUT2D eigenvalue weighted by molar-refractivity contribution is -0.117. The molecule has 4 nitrogen and oxygen atoms in total. The topological polar surface area (TPSA) is 44.4 Å². The minimum absolute atomic E-state index is 0.00267. The van der Waals surface area contributed by atoms with Gasteiger partial charge in [0.05, 0.1) is 0 Å². The Kier molecular flexibility index (Phi) is 4.22. The zero-order valence-electron chi connectivity index (χ0n) is 10.7. The summed E-state index contributed by atoms with van der Waals surface area (Å²) in [6.45, 7) is 1.81. The molecule has 0 saturated heterocycles. The first-order valence-corrected chi connectivity index (χ1v) is 6.44. The van der Waals surface area contributed by atoms with Gasteiger partial charge in [0, 0.05) is 16.3 Å². The minimum Gasteiger partial charge on any atom is -0.324 e. The van der Waals surface area contributed by atoms with Gasteiger partial charge in [-0.2, -0.15) is 0 Å². The molecule has 0 saturated carbocycles. The van der Waals surface area contributed by atoms with Crippen molar-refractivity contribution in [1.82, 2.24) is 10.2 Å². The first kappa shape index (κ1) is 13.3. The molecule has 2 N–H and O–H groups in total. The van der Waals surface area contributed by atoms with E-state index in [4.69, 9.17) is 11.6 Å². The summed E-state index contributed by atoms with van der Waals surface area (Å²) < 4.78 is 0. The molecule has 0 fully saturated rings. The van der Waals surface area contributed by atoms with E-state index in [9.17, 15) is 4.79 Å². The van der Waals surface area contributed by atoms with Crippen LogP contribution >= 0.6 is 11.6 Å². The number of nitrogens with zero attached hydrogens (tertiary/aromatic N) is 1. The summed E-state index contributed by atoms with van der Waals surface area (Å²) in [6.07, 6.45) is 1.01. The highest BCUT2D eigenvalue weighted by Gasteiger charge is 2.29. The highest BCUT2D eigenvalue weighted by atomic mass is 35.5. The zero-order chi connectivity index (χ0) is 13.1. The maximum Gasteiger partial charge on any atom is 0.246 e. The Morgan fingerprint density at radius 3 is 2.94 bits per heavy atom. The lowest BCUT2D eigenvalue weighted by atomic mass is 10.1. The van der Waals surface area contributed by atoms with Crippen molar-refractivity contribution in [2.75, 3.05) is 32.5 Å². The molecule has 98 valence electrons. The number of fused-ring (bicyclic) bond motifs is 1. The van der Waals surface area contributed by atoms with Crippen molar-refractivity contribution < 1.29 is 4.79 Å². The second kappa shape index (κ2) is 5.69. The lowest BCUT2D eigenvalue weighted by Crippen LogP contribution is -2.29. The Morgan fingerprint density at radius 1 is 1.44 bits per heavy atom. The molecule has 18 heavy (non-hydrogen) atoms. The number of rotatable bonds is 5. The summed E-state index contributed by atoms with van der Waals surface area (Å²) in [6, 6.07) is 5.20. The van der Waals surface area contributed by atoms with Crippen molar-refractivity contribution in [1.29, 1.82) is 0 Å². The van der Waals surface area contributed by atoms with Crippen molar-refractivity contribution in [2.24, 2.45) is 0 Å². The number of nitrogens with one attached hydrogen (secondary N) is 2. The van der Waals surface area contributed by atoms with E-state index >= 15 is 0 Å². The molecule has 0 bridgehead atoms. The number of hydrogen-bond acceptors (Lipinski definition) is 3. The molecule has 1 aromatic rings. The maximum atomic E-state index is 11.8. The molecule has 1 unspecified atom stereocenters. The first-order chi connectivity index (χ1) is 8.58. The average Bonchev–Trinajstić information content (AvgIpc) is 2.60. The largest absolute Gasteiger partial charge is 0.324 e. The molecule has 2 rings (SSSR count). The van der Waals surface area contributed by atoms with Gasteiger partial charge in [-0.15, -0.1) is 0 Å². The molecule has 0 aromatic heterocycles. The normalized spacial score (nSPS) is 18.0. The quantitative estimate of drug-likeness (QED) is 0.801. The molecule has 0 aliphatic carbocycles. The van der Waals surface area contributed by atoms with E-state index in [0.29, 0.717) is 5.02 Å². The van der Waals surface area contributed by atoms with E-state index in [-0.39, 0.29) is 11.9 Å². The number of hydrogen-bond donors (Lipinski definition) is 2. The third kappa shape index (κ3) is 3.02. The van der Waals surface area contributed by atoms with Crippen LogP contribution in [-0.4, -0.2) is 38.0 Å². The molecule has 1 amide bonds. The summed E-state index contributed by atoms with van der Waals surface area (Å²) in [5, 5.41) is 6.78. The molecular formula is C13H18ClN3O. The number of carbonyl (C=O) groups excluding carboxylic acids is 1. The highest BCUT2D eigenvalue weighted by molar-refractivity contribution is 6.31. The van der Waals surface area contributed by atoms with Gasteiger partial charge in [0.25, 0.3) is 0 Å². The van der Waals surface area contributed by atoms with Crippen LogP contribution in [0.25, 0.3) is 0 Å². The van der Waals surface area contributed by atoms with Crippen LogP contribution in [0.1, 0.15) is 18.0 Å². The van der Waals surface area contributed by atoms with Crippen LogP contribution in [0.4, 0.5) is 5.69 Å². The monoisotopic (exact) mass is 267 g/mol. The number of amides is 1. The van der Waals surface area contributed by atoms with Gasteiger partial charge in [0.2, 0.25) is 5.91 Å². The summed E-state index contributed by atoms with van der Waals surface area (Å²) >= 11 is 5.97. The lowest BCUT2D eigenvalue weighted by Gasteiger charge is -2.13. The minimum atomic E-state index is -0.277. The molecule has 0 radical (unpaired) electrons. The van der Waals surface area contributed by atoms with Crippen LogP contribution in [-0.2, 0) is 4.79 Å². The van der Waals surface area contributed by atoms with Gasteiger partial charge in [-0.05, 0) is 51.8 Å². The van der Waals surface area contributed by atoms with Gasteiger partial charge >= 0.3 is 0 Å². The fraction of sp³-hybridized carbons (Fsp3) is 0.462. The standard InChI is InChI=1S/C13H18ClN3O/c1-17(2)7-3-6-15-12-10-8-9(14)4-5-11(10)16-13(12)18/h4-5,8,12,15H,3,6-7H2,1-2H3,(H,16,18). The SMILES string of the molecule is CN(C)CCCNC1C(=O)Nc2ccc(Cl)cc21. The first-order valence-electron chi connectivity index (χ1n) is 6.06. The number of carbonyl (C=O) groups is 1. The second-order valence-corrected chi connectivity index (χ2v) is 5.20. The highest BCUT2D eigenvalue weighted by Crippen LogP contribution is 2.32. The Balaban J connectivity index is 1.97. The van der Waals surface area contributed by atoms with E-state index in [1.165, 1.54) is 0 Å². The van der Waals surface area contributed by atoms with Crippen molar-refractivity contribution in [2.45, 2.75) is 12.5 Å². The van der Waals surface area contributed by atoms with E-state index in [1.54, 1.807) is 6.07 Å². The third-order valence-electron chi connectivity index (χ3n) is 2.98. The second-order valence-electron chi connectivity index (χ2n) is 4.76. The Labute approximate surface area is 112 Å². The van der Waals surface area contributed by atoms with E-state index in [0.717, 1.165) is 30.8 Å². The van der Waals surface area contributed by atoms with Crippen molar-refractivity contribution in [3.63, 3.8) is 0 Å². The molecular weight excluding hydrogens is 250 g/mol. The molecule has 1 aliphatic heterocycles. The number of benzene rings is 1. The fourth-order valence-corrected chi connectivity index (χ4v) is 2.26. The van der Waals surface area contributed by atoms with Gasteiger partial charge in [0.15, 0.2) is 0 Å². The maximum absolute atomic E-state index is 11.8. The van der Waals surface area contributed by atoms with Crippen LogP contribution in [0, 0.1) is 0 Å². The molecule has 0 spiro atoms. The summed E-state index contributed by atoms with van der Waals surface area (Å²) in [5.41, 5.74) is 1.80. The van der Waals surface area contributed by atoms with Gasteiger partial charge in [-0.1, -0.05) is 11.6 Å². The van der Waals surface area contributed by atoms with Gasteiger partial charge in [-0.3, -0.25) is 4.79 Å². The molecule has 1 aromatic carbocycles. The van der Waals surface area contributed by atoms with E-state index in [2.05, 4.69) is 15.5 Å². The molecule has 1 aliphatic rings. The number of anilines is 1. The summed E-state index contributed by atoms with van der Waals surface area (Å²) in [7, 11) is 4.08. The Hall–Kier alpha value is -1.10. The van der Waals surface area contributed by atoms with E-state index in [1.807, 2.05) is 26.2 Å². The molecule has 1 heterocycles. The average molecular weight is 268 g/mol. The summed E-state index contributed by atoms with van der Waals surface area (Å²) in [4.78, 5) is 14.0. The third-order valence-corrected chi connectivity index (χ3v) is 3.21. The van der Waals surface area contributed by atoms with Crippen molar-refractivity contribution in [3.05, 3.63) is 28.8 Å². The van der Waals surface area contributed by atoms with Crippen LogP contribution in [0.2, 0.25) is 5.02 Å². The predicted octanol–water partition coefficient (Wildman–Crippen LogP) is 1.87. The Bertz CT molecular complexity index is 448. The predicted molar refractivity (Wildman–Crippen MR) is 74.0 cm³/mol. The van der Waals surface area contributed by atoms with Gasteiger partial charge in [0.1, 0.15) is 6.04 Å². The number of halogens is 1. The van der Waals surface area contributed by atoms with Crippen LogP contribution in [0.5, 0.6) is 0 Å². The smallest absolute Gasteiger partial charge is 0.246 e. The molecule has 1 atom stereocenters. The van der Waals surface area contributed by atoms with Crippen LogP contribution in [0.3, 0.4) is 0 Å². The van der Waals surface area contributed by atoms with Gasteiger partial charge < -0.3 is 15.5 Å². The molecule has 5 heteroatoms. The van der Waals surface area contributed by atoms with E-state index < -0.39 is 0 Å². The van der Waals surface area contributed by atoms with Crippen LogP contribution in [0.15, 0.2) is 18.2 Å². The van der Waals surface area contributed by atoms with Crippen LogP contribution < -0.4 is 10.6 Å². The fourth-order valence-electron chi connectivity index (χ4n) is 2.08. The Morgan fingerprint density at radius 2 is 2.22 bits per heavy atom. The summed E-state index contributed by atoms with van der Waals surface area (Å²) in [5.74, 6) is -0.00267. The van der Waals surface area contributed by atoms with Gasteiger partial charge in [-0.25, -0.2) is 0 Å². The van der Waals surface area contributed by atoms with Crippen molar-refractivity contribution >= 4 is 23.2 Å².